The van der Waals surface area contributed by atoms with Crippen LogP contribution in [0.1, 0.15) is 46.5 Å². The molecule has 168 valence electrons. The van der Waals surface area contributed by atoms with Gasteiger partial charge in [-0.15, -0.1) is 11.3 Å². The van der Waals surface area contributed by atoms with Crippen molar-refractivity contribution in [1.29, 1.82) is 0 Å². The van der Waals surface area contributed by atoms with Crippen LogP contribution in [0.3, 0.4) is 0 Å². The quantitative estimate of drug-likeness (QED) is 0.779. The van der Waals surface area contributed by atoms with E-state index in [2.05, 4.69) is 26.3 Å². The molecule has 4 rings (SSSR count). The van der Waals surface area contributed by atoms with Gasteiger partial charge in [0.05, 0.1) is 11.3 Å². The third-order valence-corrected chi connectivity index (χ3v) is 6.57. The lowest BCUT2D eigenvalue weighted by atomic mass is 9.96. The minimum Gasteiger partial charge on any atom is -0.444 e. The van der Waals surface area contributed by atoms with Crippen LogP contribution in [0.4, 0.5) is 10.6 Å². The molecule has 0 radical (unpaired) electrons. The van der Waals surface area contributed by atoms with Crippen LogP contribution in [0.25, 0.3) is 10.2 Å². The van der Waals surface area contributed by atoms with E-state index in [4.69, 9.17) is 4.74 Å². The van der Waals surface area contributed by atoms with Crippen molar-refractivity contribution in [3.8, 4) is 0 Å². The number of amides is 2. The summed E-state index contributed by atoms with van der Waals surface area (Å²) in [5.41, 5.74) is -0.535. The second kappa shape index (κ2) is 8.98. The molecule has 0 unspecified atom stereocenters. The number of rotatable bonds is 3. The molecule has 0 aliphatic carbocycles. The van der Waals surface area contributed by atoms with Gasteiger partial charge in [0, 0.05) is 32.2 Å². The van der Waals surface area contributed by atoms with Crippen molar-refractivity contribution in [2.45, 2.75) is 58.1 Å². The van der Waals surface area contributed by atoms with E-state index in [1.807, 2.05) is 26.2 Å². The van der Waals surface area contributed by atoms with Crippen LogP contribution in [0.2, 0.25) is 0 Å². The highest BCUT2D eigenvalue weighted by atomic mass is 32.1. The molecule has 2 saturated heterocycles. The molecule has 1 N–H and O–H groups in total. The maximum atomic E-state index is 13.0. The van der Waals surface area contributed by atoms with Gasteiger partial charge in [-0.1, -0.05) is 0 Å². The van der Waals surface area contributed by atoms with E-state index in [-0.39, 0.29) is 24.0 Å². The number of thiophene rings is 1. The molecule has 31 heavy (non-hydrogen) atoms. The van der Waals surface area contributed by atoms with Crippen molar-refractivity contribution in [2.75, 3.05) is 31.1 Å². The predicted octanol–water partition coefficient (Wildman–Crippen LogP) is 3.42. The molecule has 2 fully saturated rings. The van der Waals surface area contributed by atoms with E-state index in [1.54, 1.807) is 22.6 Å². The van der Waals surface area contributed by atoms with Gasteiger partial charge in [0.25, 0.3) is 0 Å². The van der Waals surface area contributed by atoms with E-state index in [0.29, 0.717) is 13.1 Å². The van der Waals surface area contributed by atoms with Gasteiger partial charge < -0.3 is 19.9 Å². The lowest BCUT2D eigenvalue weighted by Gasteiger charge is -2.36. The van der Waals surface area contributed by atoms with Crippen molar-refractivity contribution < 1.29 is 14.3 Å². The van der Waals surface area contributed by atoms with Crippen LogP contribution in [-0.2, 0) is 9.53 Å². The lowest BCUT2D eigenvalue weighted by molar-refractivity contribution is -0.127. The molecule has 2 atom stereocenters. The number of aromatic nitrogens is 2. The Hall–Kier alpha value is -2.42. The van der Waals surface area contributed by atoms with Gasteiger partial charge in [0.1, 0.15) is 22.6 Å². The largest absolute Gasteiger partial charge is 0.444 e. The summed E-state index contributed by atoms with van der Waals surface area (Å²) in [6.07, 6.45) is 4.83. The average Bonchev–Trinajstić information content (AvgIpc) is 3.22. The number of likely N-dealkylation sites (tertiary alicyclic amines) is 1. The summed E-state index contributed by atoms with van der Waals surface area (Å²) in [5, 5.41) is 6.34. The summed E-state index contributed by atoms with van der Waals surface area (Å²) in [6, 6.07) is 2.13. The van der Waals surface area contributed by atoms with Crippen molar-refractivity contribution in [3.63, 3.8) is 0 Å². The van der Waals surface area contributed by atoms with Crippen molar-refractivity contribution >= 4 is 39.4 Å². The van der Waals surface area contributed by atoms with Crippen molar-refractivity contribution in [2.24, 2.45) is 5.92 Å². The Balaban J connectivity index is 1.36. The SMILES string of the molecule is CC(C)(C)OC(=O)N1CCC[C@@H](C(=O)N[C@H]2CCCN(c3ncnc4sccc34)C2)C1. The Morgan fingerprint density at radius 1 is 1.16 bits per heavy atom. The molecule has 2 aromatic rings. The number of fused-ring (bicyclic) bond motifs is 1. The van der Waals surface area contributed by atoms with Crippen LogP contribution < -0.4 is 10.2 Å². The molecule has 8 nitrogen and oxygen atoms in total. The molecule has 2 aliphatic heterocycles. The van der Waals surface area contributed by atoms with Crippen LogP contribution >= 0.6 is 11.3 Å². The second-order valence-corrected chi connectivity index (χ2v) is 10.3. The molecule has 2 amide bonds. The average molecular weight is 446 g/mol. The number of nitrogens with one attached hydrogen (secondary N) is 1. The maximum Gasteiger partial charge on any atom is 0.410 e. The van der Waals surface area contributed by atoms with Crippen LogP contribution in [0, 0.1) is 5.92 Å². The van der Waals surface area contributed by atoms with Crippen molar-refractivity contribution in [3.05, 3.63) is 17.8 Å². The lowest BCUT2D eigenvalue weighted by Crippen LogP contribution is -2.52. The molecule has 2 aromatic heterocycles. The van der Waals surface area contributed by atoms with Crippen molar-refractivity contribution in [1.82, 2.24) is 20.2 Å². The number of nitrogens with zero attached hydrogens (tertiary/aromatic N) is 4. The van der Waals surface area contributed by atoms with Gasteiger partial charge in [0.15, 0.2) is 0 Å². The molecule has 4 heterocycles. The maximum absolute atomic E-state index is 13.0. The van der Waals surface area contributed by atoms with E-state index in [0.717, 1.165) is 54.8 Å². The van der Waals surface area contributed by atoms with E-state index < -0.39 is 5.60 Å². The minimum atomic E-state index is -0.535. The van der Waals surface area contributed by atoms with E-state index in [9.17, 15) is 9.59 Å². The molecule has 0 spiro atoms. The van der Waals surface area contributed by atoms with Gasteiger partial charge in [-0.3, -0.25) is 4.79 Å². The molecular weight excluding hydrogens is 414 g/mol. The zero-order valence-corrected chi connectivity index (χ0v) is 19.3. The number of anilines is 1. The van der Waals surface area contributed by atoms with Gasteiger partial charge in [-0.25, -0.2) is 14.8 Å². The van der Waals surface area contributed by atoms with Crippen LogP contribution in [0.5, 0.6) is 0 Å². The molecule has 9 heteroatoms. The number of carbonyl (C=O) groups is 2. The van der Waals surface area contributed by atoms with Crippen LogP contribution in [-0.4, -0.2) is 64.7 Å². The Kier molecular flexibility index (Phi) is 6.31. The molecule has 0 saturated carbocycles. The summed E-state index contributed by atoms with van der Waals surface area (Å²) >= 11 is 1.61. The Morgan fingerprint density at radius 3 is 2.77 bits per heavy atom. The number of hydrogen-bond donors (Lipinski definition) is 1. The summed E-state index contributed by atoms with van der Waals surface area (Å²) in [5.74, 6) is 0.779. The fourth-order valence-electron chi connectivity index (χ4n) is 4.32. The van der Waals surface area contributed by atoms with E-state index in [1.165, 1.54) is 0 Å². The zero-order chi connectivity index (χ0) is 22.0. The molecule has 0 aromatic carbocycles. The molecular formula is C22H31N5O3S. The third kappa shape index (κ3) is 5.26. The van der Waals surface area contributed by atoms with Gasteiger partial charge in [-0.2, -0.15) is 0 Å². The Bertz CT molecular complexity index is 941. The number of piperidine rings is 2. The van der Waals surface area contributed by atoms with Gasteiger partial charge in [-0.05, 0) is 57.9 Å². The second-order valence-electron chi connectivity index (χ2n) is 9.40. The van der Waals surface area contributed by atoms with Gasteiger partial charge >= 0.3 is 6.09 Å². The minimum absolute atomic E-state index is 0.0310. The Morgan fingerprint density at radius 2 is 1.97 bits per heavy atom. The first-order valence-electron chi connectivity index (χ1n) is 11.0. The summed E-state index contributed by atoms with van der Waals surface area (Å²) in [7, 11) is 0. The smallest absolute Gasteiger partial charge is 0.410 e. The highest BCUT2D eigenvalue weighted by molar-refractivity contribution is 7.16. The number of ether oxygens (including phenoxy) is 1. The molecule has 2 aliphatic rings. The van der Waals surface area contributed by atoms with Crippen LogP contribution in [0.15, 0.2) is 17.8 Å². The summed E-state index contributed by atoms with van der Waals surface area (Å²) in [4.78, 5) is 39.2. The molecule has 0 bridgehead atoms. The Labute approximate surface area is 187 Å². The highest BCUT2D eigenvalue weighted by Gasteiger charge is 2.32. The highest BCUT2D eigenvalue weighted by Crippen LogP contribution is 2.29. The first-order valence-corrected chi connectivity index (χ1v) is 11.9. The van der Waals surface area contributed by atoms with E-state index >= 15 is 0 Å². The predicted molar refractivity (Wildman–Crippen MR) is 121 cm³/mol. The zero-order valence-electron chi connectivity index (χ0n) is 18.5. The fourth-order valence-corrected chi connectivity index (χ4v) is 5.05. The normalized spacial score (nSPS) is 22.4. The third-order valence-electron chi connectivity index (χ3n) is 5.75. The number of carbonyl (C=O) groups excluding carboxylic acids is 2. The monoisotopic (exact) mass is 445 g/mol. The first-order chi connectivity index (χ1) is 14.8. The topological polar surface area (TPSA) is 87.7 Å². The first kappa shape index (κ1) is 21.8. The standard InChI is InChI=1S/C22H31N5O3S/c1-22(2,3)30-21(29)27-10-4-6-15(12-27)19(28)25-16-7-5-9-26(13-16)18-17-8-11-31-20(17)24-14-23-18/h8,11,14-16H,4-7,9-10,12-13H2,1-3H3,(H,25,28)/t15-,16+/m1/s1. The fraction of sp³-hybridized carbons (Fsp3) is 0.636. The van der Waals surface area contributed by atoms with Gasteiger partial charge in [0.2, 0.25) is 5.91 Å². The summed E-state index contributed by atoms with van der Waals surface area (Å²) < 4.78 is 5.48. The number of hydrogen-bond acceptors (Lipinski definition) is 7. The summed E-state index contributed by atoms with van der Waals surface area (Å²) in [6.45, 7) is 8.28.